The van der Waals surface area contributed by atoms with Gasteiger partial charge in [-0.3, -0.25) is 9.59 Å². The number of carbonyl (C=O) groups is 2. The van der Waals surface area contributed by atoms with E-state index in [1.54, 1.807) is 24.3 Å². The molecule has 68 valence electrons. The maximum atomic E-state index is 11.5. The first kappa shape index (κ1) is 8.47. The van der Waals surface area contributed by atoms with E-state index in [-0.39, 0.29) is 0 Å². The summed E-state index contributed by atoms with van der Waals surface area (Å²) in [5.74, 6) is -0.827. The molecule has 0 bridgehead atoms. The highest BCUT2D eigenvalue weighted by Crippen LogP contribution is 2.23. The van der Waals surface area contributed by atoms with Gasteiger partial charge in [0.15, 0.2) is 17.6 Å². The molecule has 0 unspecified atom stereocenters. The Hall–Kier alpha value is -2.13. The molecular formula is C9H5N3O2. The Morgan fingerprint density at radius 2 is 1.64 bits per heavy atom. The zero-order valence-corrected chi connectivity index (χ0v) is 7.04. The van der Waals surface area contributed by atoms with E-state index in [4.69, 9.17) is 5.53 Å². The van der Waals surface area contributed by atoms with Crippen molar-refractivity contribution in [3.05, 3.63) is 45.8 Å². The van der Waals surface area contributed by atoms with Crippen LogP contribution in [0, 0.1) is 0 Å². The summed E-state index contributed by atoms with van der Waals surface area (Å²) in [5, 5.41) is 3.18. The highest BCUT2D eigenvalue weighted by atomic mass is 16.2. The molecule has 0 saturated carbocycles. The first-order valence-corrected chi connectivity index (χ1v) is 3.97. The predicted molar refractivity (Wildman–Crippen MR) is 48.0 cm³/mol. The van der Waals surface area contributed by atoms with E-state index >= 15 is 0 Å². The molecule has 0 aromatic heterocycles. The molecule has 2 rings (SSSR count). The van der Waals surface area contributed by atoms with Crippen LogP contribution >= 0.6 is 0 Å². The van der Waals surface area contributed by atoms with Gasteiger partial charge in [-0.15, -0.1) is 0 Å². The van der Waals surface area contributed by atoms with E-state index in [1.165, 1.54) is 0 Å². The Bertz CT molecular complexity index is 440. The molecule has 0 fully saturated rings. The minimum atomic E-state index is -1.20. The van der Waals surface area contributed by atoms with Gasteiger partial charge in [0.2, 0.25) is 0 Å². The van der Waals surface area contributed by atoms with Gasteiger partial charge in [0.25, 0.3) is 0 Å². The van der Waals surface area contributed by atoms with Crippen LogP contribution in [0.2, 0.25) is 0 Å². The van der Waals surface area contributed by atoms with E-state index in [9.17, 15) is 9.59 Å². The summed E-state index contributed by atoms with van der Waals surface area (Å²) in [6.07, 6.45) is 0. The molecule has 0 heterocycles. The molecule has 0 N–H and O–H groups in total. The van der Waals surface area contributed by atoms with Crippen LogP contribution in [0.4, 0.5) is 0 Å². The number of carbonyl (C=O) groups excluding carboxylic acids is 2. The SMILES string of the molecule is [N-]=[N+]=NC1C(=O)c2ccccc2C1=O. The van der Waals surface area contributed by atoms with Gasteiger partial charge in [0.05, 0.1) is 0 Å². The summed E-state index contributed by atoms with van der Waals surface area (Å²) in [6.45, 7) is 0. The van der Waals surface area contributed by atoms with Crippen molar-refractivity contribution in [2.75, 3.05) is 0 Å². The van der Waals surface area contributed by atoms with Crippen LogP contribution < -0.4 is 0 Å². The van der Waals surface area contributed by atoms with Gasteiger partial charge in [0, 0.05) is 16.0 Å². The second kappa shape index (κ2) is 2.97. The number of rotatable bonds is 1. The number of Topliss-reactive ketones (excluding diaryl/α,β-unsaturated/α-hetero) is 2. The molecule has 0 radical (unpaired) electrons. The van der Waals surface area contributed by atoms with Crippen LogP contribution in [0.5, 0.6) is 0 Å². The van der Waals surface area contributed by atoms with Crippen molar-refractivity contribution in [2.45, 2.75) is 6.04 Å². The molecule has 1 aromatic carbocycles. The Labute approximate surface area is 79.0 Å². The number of azide groups is 1. The fourth-order valence-corrected chi connectivity index (χ4v) is 1.48. The van der Waals surface area contributed by atoms with Crippen molar-refractivity contribution in [1.29, 1.82) is 0 Å². The normalized spacial score (nSPS) is 15.1. The number of hydrogen-bond donors (Lipinski definition) is 0. The molecule has 0 spiro atoms. The minimum Gasteiger partial charge on any atom is -0.293 e. The zero-order chi connectivity index (χ0) is 10.1. The standard InChI is InChI=1S/C9H5N3O2/c10-12-11-7-8(13)5-3-1-2-4-6(5)9(7)14/h1-4,7H. The van der Waals surface area contributed by atoms with Gasteiger partial charge in [-0.05, 0) is 5.53 Å². The van der Waals surface area contributed by atoms with Gasteiger partial charge in [-0.1, -0.05) is 29.4 Å². The summed E-state index contributed by atoms with van der Waals surface area (Å²) < 4.78 is 0. The van der Waals surface area contributed by atoms with Crippen molar-refractivity contribution in [3.63, 3.8) is 0 Å². The van der Waals surface area contributed by atoms with Crippen LogP contribution in [0.1, 0.15) is 20.7 Å². The average molecular weight is 187 g/mol. The maximum Gasteiger partial charge on any atom is 0.180 e. The Balaban J connectivity index is 2.59. The van der Waals surface area contributed by atoms with Crippen molar-refractivity contribution >= 4 is 11.6 Å². The molecule has 0 saturated heterocycles. The summed E-state index contributed by atoms with van der Waals surface area (Å²) in [4.78, 5) is 25.5. The molecule has 0 aliphatic heterocycles. The molecule has 5 heteroatoms. The number of hydrogen-bond acceptors (Lipinski definition) is 3. The third kappa shape index (κ3) is 1.000. The predicted octanol–water partition coefficient (Wildman–Crippen LogP) is 1.74. The van der Waals surface area contributed by atoms with Gasteiger partial charge < -0.3 is 0 Å². The lowest BCUT2D eigenvalue weighted by Crippen LogP contribution is -2.18. The van der Waals surface area contributed by atoms with E-state index in [1.807, 2.05) is 0 Å². The Morgan fingerprint density at radius 1 is 1.14 bits per heavy atom. The van der Waals surface area contributed by atoms with Crippen molar-refractivity contribution in [3.8, 4) is 0 Å². The molecule has 1 aliphatic rings. The first-order valence-electron chi connectivity index (χ1n) is 3.97. The quantitative estimate of drug-likeness (QED) is 0.290. The monoisotopic (exact) mass is 187 g/mol. The first-order chi connectivity index (χ1) is 6.75. The highest BCUT2D eigenvalue weighted by molar-refractivity contribution is 6.29. The van der Waals surface area contributed by atoms with Gasteiger partial charge in [-0.2, -0.15) is 0 Å². The Morgan fingerprint density at radius 3 is 2.07 bits per heavy atom. The number of nitrogens with zero attached hydrogens (tertiary/aromatic N) is 3. The Kier molecular flexibility index (Phi) is 1.80. The van der Waals surface area contributed by atoms with Crippen molar-refractivity contribution < 1.29 is 9.59 Å². The summed E-state index contributed by atoms with van der Waals surface area (Å²) in [6, 6.07) is 5.26. The lowest BCUT2D eigenvalue weighted by Gasteiger charge is -1.93. The van der Waals surface area contributed by atoms with E-state index in [0.29, 0.717) is 11.1 Å². The molecular weight excluding hydrogens is 182 g/mol. The van der Waals surface area contributed by atoms with Gasteiger partial charge in [-0.25, -0.2) is 0 Å². The topological polar surface area (TPSA) is 82.9 Å². The summed E-state index contributed by atoms with van der Waals surface area (Å²) >= 11 is 0. The number of fused-ring (bicyclic) bond motifs is 1. The minimum absolute atomic E-state index is 0.343. The average Bonchev–Trinajstić information content (AvgIpc) is 2.45. The van der Waals surface area contributed by atoms with Crippen LogP contribution in [0.3, 0.4) is 0 Å². The molecule has 14 heavy (non-hydrogen) atoms. The maximum absolute atomic E-state index is 11.5. The molecule has 5 nitrogen and oxygen atoms in total. The van der Waals surface area contributed by atoms with Crippen LogP contribution in [-0.4, -0.2) is 17.6 Å². The smallest absolute Gasteiger partial charge is 0.180 e. The number of ketones is 2. The lowest BCUT2D eigenvalue weighted by molar-refractivity contribution is 0.0893. The fourth-order valence-electron chi connectivity index (χ4n) is 1.48. The summed E-state index contributed by atoms with van der Waals surface area (Å²) in [5.41, 5.74) is 8.88. The second-order valence-electron chi connectivity index (χ2n) is 2.88. The second-order valence-corrected chi connectivity index (χ2v) is 2.88. The number of benzene rings is 1. The third-order valence-electron chi connectivity index (χ3n) is 2.12. The van der Waals surface area contributed by atoms with E-state index in [2.05, 4.69) is 10.0 Å². The molecule has 0 amide bonds. The van der Waals surface area contributed by atoms with Gasteiger partial charge >= 0.3 is 0 Å². The summed E-state index contributed by atoms with van der Waals surface area (Å²) in [7, 11) is 0. The van der Waals surface area contributed by atoms with E-state index < -0.39 is 17.6 Å². The lowest BCUT2D eigenvalue weighted by atomic mass is 10.1. The zero-order valence-electron chi connectivity index (χ0n) is 7.04. The molecule has 1 aliphatic carbocycles. The van der Waals surface area contributed by atoms with Crippen LogP contribution in [-0.2, 0) is 0 Å². The van der Waals surface area contributed by atoms with E-state index in [0.717, 1.165) is 0 Å². The highest BCUT2D eigenvalue weighted by Gasteiger charge is 2.37. The van der Waals surface area contributed by atoms with Gasteiger partial charge in [0.1, 0.15) is 0 Å². The molecule has 0 atom stereocenters. The van der Waals surface area contributed by atoms with Crippen molar-refractivity contribution in [2.24, 2.45) is 5.11 Å². The van der Waals surface area contributed by atoms with Crippen LogP contribution in [0.25, 0.3) is 10.4 Å². The van der Waals surface area contributed by atoms with Crippen molar-refractivity contribution in [1.82, 2.24) is 0 Å². The fraction of sp³-hybridized carbons (Fsp3) is 0.111. The van der Waals surface area contributed by atoms with Crippen LogP contribution in [0.15, 0.2) is 29.4 Å². The third-order valence-corrected chi connectivity index (χ3v) is 2.12. The largest absolute Gasteiger partial charge is 0.293 e. The molecule has 1 aromatic rings.